The maximum Gasteiger partial charge on any atom is 0.416 e. The summed E-state index contributed by atoms with van der Waals surface area (Å²) in [6.07, 6.45) is -2.35. The van der Waals surface area contributed by atoms with E-state index in [2.05, 4.69) is 4.90 Å². The molecule has 2 aromatic carbocycles. The van der Waals surface area contributed by atoms with Crippen LogP contribution in [0.4, 0.5) is 13.2 Å². The molecule has 4 rings (SSSR count). The Morgan fingerprint density at radius 1 is 0.974 bits per heavy atom. The fourth-order valence-corrected chi connectivity index (χ4v) is 5.82. The number of alkyl halides is 3. The molecule has 2 heterocycles. The normalized spacial score (nSPS) is 25.7. The lowest BCUT2D eigenvalue weighted by molar-refractivity contribution is -0.139. The minimum atomic E-state index is -4.38. The molecule has 2 fully saturated rings. The second-order valence-electron chi connectivity index (χ2n) is 11.9. The van der Waals surface area contributed by atoms with Crippen LogP contribution in [-0.2, 0) is 28.8 Å². The summed E-state index contributed by atoms with van der Waals surface area (Å²) < 4.78 is 46.7. The van der Waals surface area contributed by atoms with Crippen molar-refractivity contribution in [3.8, 4) is 0 Å². The number of β-amino-alcohol motifs (C(OH)–C–C–N with tert-alkyl or cyclic N) is 1. The van der Waals surface area contributed by atoms with Gasteiger partial charge in [0, 0.05) is 44.6 Å². The first-order valence-corrected chi connectivity index (χ1v) is 14.0. The third kappa shape index (κ3) is 8.05. The van der Waals surface area contributed by atoms with Crippen molar-refractivity contribution in [2.24, 2.45) is 17.3 Å². The van der Waals surface area contributed by atoms with Crippen molar-refractivity contribution in [1.82, 2.24) is 9.80 Å². The highest BCUT2D eigenvalue weighted by atomic mass is 19.4. The van der Waals surface area contributed by atoms with E-state index in [-0.39, 0.29) is 36.4 Å². The Morgan fingerprint density at radius 2 is 1.69 bits per heavy atom. The lowest BCUT2D eigenvalue weighted by atomic mass is 9.80. The zero-order valence-electron chi connectivity index (χ0n) is 23.0. The largest absolute Gasteiger partial charge is 0.416 e. The first-order chi connectivity index (χ1) is 18.5. The van der Waals surface area contributed by atoms with Crippen molar-refractivity contribution >= 4 is 5.91 Å². The van der Waals surface area contributed by atoms with Gasteiger partial charge < -0.3 is 14.7 Å². The molecule has 8 heteroatoms. The van der Waals surface area contributed by atoms with Gasteiger partial charge in [-0.05, 0) is 54.8 Å². The number of amides is 1. The molecule has 3 atom stereocenters. The molecule has 0 aliphatic carbocycles. The van der Waals surface area contributed by atoms with Crippen molar-refractivity contribution in [1.29, 1.82) is 0 Å². The molecule has 2 aliphatic rings. The van der Waals surface area contributed by atoms with Gasteiger partial charge in [0.25, 0.3) is 0 Å². The second kappa shape index (κ2) is 12.8. The molecule has 0 radical (unpaired) electrons. The number of ether oxygens (including phenoxy) is 1. The molecule has 0 saturated carbocycles. The number of aliphatic hydroxyl groups is 1. The van der Waals surface area contributed by atoms with E-state index in [1.54, 1.807) is 17.0 Å². The Morgan fingerprint density at radius 3 is 2.44 bits per heavy atom. The quantitative estimate of drug-likeness (QED) is 0.530. The van der Waals surface area contributed by atoms with E-state index in [1.807, 2.05) is 44.2 Å². The molecule has 214 valence electrons. The van der Waals surface area contributed by atoms with E-state index in [1.165, 1.54) is 6.07 Å². The lowest BCUT2D eigenvalue weighted by Gasteiger charge is -2.40. The standard InChI is InChI=1S/C31H41F3N2O3/c1-30(2)22-39-16-8-12-25-19-35(20-26-11-6-7-13-27(26)31(32,33)34)15-14-24(25)17-29(38)36(21-28(30)37)18-23-9-4-3-5-10-23/h3-7,9-11,13,24-25,28,37H,8,12,14-22H2,1-2H3/t24-,25-,28-/m0/s1. The van der Waals surface area contributed by atoms with E-state index in [4.69, 9.17) is 4.74 Å². The van der Waals surface area contributed by atoms with Crippen LogP contribution < -0.4 is 0 Å². The number of likely N-dealkylation sites (tertiary alicyclic amines) is 1. The highest BCUT2D eigenvalue weighted by Crippen LogP contribution is 2.36. The van der Waals surface area contributed by atoms with Crippen molar-refractivity contribution in [3.05, 3.63) is 71.3 Å². The average molecular weight is 547 g/mol. The minimum absolute atomic E-state index is 0.0136. The van der Waals surface area contributed by atoms with Gasteiger partial charge in [0.15, 0.2) is 0 Å². The van der Waals surface area contributed by atoms with Crippen LogP contribution >= 0.6 is 0 Å². The molecule has 2 aromatic rings. The number of nitrogens with zero attached hydrogens (tertiary/aromatic N) is 2. The summed E-state index contributed by atoms with van der Waals surface area (Å²) in [4.78, 5) is 17.6. The van der Waals surface area contributed by atoms with E-state index in [0.29, 0.717) is 39.3 Å². The summed E-state index contributed by atoms with van der Waals surface area (Å²) in [6, 6.07) is 15.6. The van der Waals surface area contributed by atoms with E-state index >= 15 is 0 Å². The number of rotatable bonds is 4. The number of benzene rings is 2. The predicted molar refractivity (Wildman–Crippen MR) is 145 cm³/mol. The number of aliphatic hydroxyl groups excluding tert-OH is 1. The molecule has 0 aromatic heterocycles. The van der Waals surface area contributed by atoms with Crippen LogP contribution in [0.15, 0.2) is 54.6 Å². The Balaban J connectivity index is 1.51. The molecule has 39 heavy (non-hydrogen) atoms. The zero-order valence-corrected chi connectivity index (χ0v) is 23.0. The third-order valence-electron chi connectivity index (χ3n) is 8.33. The molecular weight excluding hydrogens is 505 g/mol. The van der Waals surface area contributed by atoms with Gasteiger partial charge in [0.1, 0.15) is 0 Å². The number of hydrogen-bond donors (Lipinski definition) is 1. The molecule has 0 spiro atoms. The number of piperidine rings is 1. The van der Waals surface area contributed by atoms with E-state index in [0.717, 1.165) is 30.9 Å². The van der Waals surface area contributed by atoms with Crippen LogP contribution in [0.25, 0.3) is 0 Å². The maximum absolute atomic E-state index is 13.7. The monoisotopic (exact) mass is 546 g/mol. The van der Waals surface area contributed by atoms with Gasteiger partial charge in [-0.1, -0.05) is 62.4 Å². The smallest absolute Gasteiger partial charge is 0.391 e. The SMILES string of the molecule is CC1(C)COCCC[C@H]2CN(Cc3ccccc3C(F)(F)F)CC[C@H]2CC(=O)N(Cc2ccccc2)C[C@@H]1O. The van der Waals surface area contributed by atoms with Gasteiger partial charge in [-0.2, -0.15) is 13.2 Å². The second-order valence-corrected chi connectivity index (χ2v) is 11.9. The van der Waals surface area contributed by atoms with Crippen LogP contribution in [0.2, 0.25) is 0 Å². The van der Waals surface area contributed by atoms with Gasteiger partial charge in [-0.15, -0.1) is 0 Å². The Bertz CT molecular complexity index is 1080. The molecule has 0 bridgehead atoms. The molecule has 1 N–H and O–H groups in total. The average Bonchev–Trinajstić information content (AvgIpc) is 2.89. The Kier molecular flexibility index (Phi) is 9.73. The minimum Gasteiger partial charge on any atom is -0.391 e. The lowest BCUT2D eigenvalue weighted by Crippen LogP contribution is -2.46. The topological polar surface area (TPSA) is 53.0 Å². The zero-order chi connectivity index (χ0) is 28.0. The van der Waals surface area contributed by atoms with E-state index in [9.17, 15) is 23.1 Å². The number of fused-ring (bicyclic) bond motifs is 1. The van der Waals surface area contributed by atoms with Gasteiger partial charge in [0.2, 0.25) is 5.91 Å². The first kappa shape index (κ1) is 29.6. The summed E-state index contributed by atoms with van der Waals surface area (Å²) in [7, 11) is 0. The Labute approximate surface area is 229 Å². The number of hydrogen-bond acceptors (Lipinski definition) is 4. The third-order valence-corrected chi connectivity index (χ3v) is 8.33. The Hall–Kier alpha value is -2.42. The first-order valence-electron chi connectivity index (χ1n) is 14.0. The van der Waals surface area contributed by atoms with Crippen LogP contribution in [-0.4, -0.2) is 59.8 Å². The molecular formula is C31H41F3N2O3. The van der Waals surface area contributed by atoms with E-state index < -0.39 is 23.3 Å². The highest BCUT2D eigenvalue weighted by Gasteiger charge is 2.37. The molecule has 1 amide bonds. The molecule has 2 aliphatic heterocycles. The number of carbonyl (C=O) groups is 1. The van der Waals surface area contributed by atoms with Gasteiger partial charge in [-0.25, -0.2) is 0 Å². The van der Waals surface area contributed by atoms with Crippen LogP contribution in [0, 0.1) is 17.3 Å². The molecule has 0 unspecified atom stereocenters. The summed E-state index contributed by atoms with van der Waals surface area (Å²) in [5.74, 6) is 0.331. The highest BCUT2D eigenvalue weighted by molar-refractivity contribution is 5.76. The molecule has 5 nitrogen and oxygen atoms in total. The number of carbonyl (C=O) groups excluding carboxylic acids is 1. The van der Waals surface area contributed by atoms with Gasteiger partial charge >= 0.3 is 6.18 Å². The fraction of sp³-hybridized carbons (Fsp3) is 0.581. The van der Waals surface area contributed by atoms with Gasteiger partial charge in [-0.3, -0.25) is 9.69 Å². The predicted octanol–water partition coefficient (Wildman–Crippen LogP) is 5.76. The summed E-state index contributed by atoms with van der Waals surface area (Å²) in [5, 5.41) is 11.1. The van der Waals surface area contributed by atoms with Crippen LogP contribution in [0.1, 0.15) is 56.2 Å². The summed E-state index contributed by atoms with van der Waals surface area (Å²) in [6.45, 7) is 7.03. The van der Waals surface area contributed by atoms with Crippen molar-refractivity contribution in [2.75, 3.05) is 32.8 Å². The van der Waals surface area contributed by atoms with Crippen LogP contribution in [0.3, 0.4) is 0 Å². The maximum atomic E-state index is 13.7. The number of halogens is 3. The van der Waals surface area contributed by atoms with Crippen molar-refractivity contribution in [3.63, 3.8) is 0 Å². The van der Waals surface area contributed by atoms with Gasteiger partial charge in [0.05, 0.1) is 18.3 Å². The fourth-order valence-electron chi connectivity index (χ4n) is 5.82. The summed E-state index contributed by atoms with van der Waals surface area (Å²) >= 11 is 0. The molecule has 2 saturated heterocycles. The van der Waals surface area contributed by atoms with Crippen molar-refractivity contribution in [2.45, 2.75) is 64.9 Å². The van der Waals surface area contributed by atoms with Crippen LogP contribution in [0.5, 0.6) is 0 Å². The van der Waals surface area contributed by atoms with Crippen molar-refractivity contribution < 1.29 is 27.8 Å². The summed E-state index contributed by atoms with van der Waals surface area (Å²) in [5.41, 5.74) is 0.200.